The van der Waals surface area contributed by atoms with Crippen LogP contribution in [0.15, 0.2) is 18.2 Å². The number of ketones is 1. The monoisotopic (exact) mass is 259 g/mol. The van der Waals surface area contributed by atoms with E-state index in [-0.39, 0.29) is 17.2 Å². The first-order valence-electron chi connectivity index (χ1n) is 6.99. The zero-order valence-electron chi connectivity index (χ0n) is 12.1. The minimum atomic E-state index is -0.208. The molecular weight excluding hydrogens is 238 g/mol. The van der Waals surface area contributed by atoms with Gasteiger partial charge >= 0.3 is 0 Å². The quantitative estimate of drug-likeness (QED) is 0.716. The fourth-order valence-corrected chi connectivity index (χ4v) is 3.00. The molecule has 2 heterocycles. The lowest BCUT2D eigenvalue weighted by atomic mass is 9.97. The van der Waals surface area contributed by atoms with Gasteiger partial charge in [0, 0.05) is 23.9 Å². The number of nitrogens with zero attached hydrogens (tertiary/aromatic N) is 1. The van der Waals surface area contributed by atoms with E-state index < -0.39 is 0 Å². The number of hydrogen-bond donors (Lipinski definition) is 0. The number of para-hydroxylation sites is 1. The van der Waals surface area contributed by atoms with E-state index in [0.29, 0.717) is 12.8 Å². The Morgan fingerprint density at radius 1 is 1.11 bits per heavy atom. The lowest BCUT2D eigenvalue weighted by Gasteiger charge is -2.31. The van der Waals surface area contributed by atoms with E-state index in [1.165, 1.54) is 0 Å². The van der Waals surface area contributed by atoms with Crippen LogP contribution in [0, 0.1) is 0 Å². The van der Waals surface area contributed by atoms with Gasteiger partial charge in [-0.2, -0.15) is 0 Å². The summed E-state index contributed by atoms with van der Waals surface area (Å²) in [5, 5.41) is 0. The number of carbonyl (C=O) groups is 2. The molecule has 1 aromatic carbocycles. The van der Waals surface area contributed by atoms with Gasteiger partial charge in [-0.3, -0.25) is 9.59 Å². The highest BCUT2D eigenvalue weighted by molar-refractivity contribution is 6.12. The molecule has 0 saturated carbocycles. The maximum Gasteiger partial charge on any atom is 0.227 e. The smallest absolute Gasteiger partial charge is 0.227 e. The van der Waals surface area contributed by atoms with Crippen molar-refractivity contribution in [3.05, 3.63) is 29.3 Å². The van der Waals surface area contributed by atoms with E-state index in [2.05, 4.69) is 13.8 Å². The van der Waals surface area contributed by atoms with Crippen LogP contribution in [-0.2, 0) is 11.2 Å². The Balaban J connectivity index is 0.000000637. The summed E-state index contributed by atoms with van der Waals surface area (Å²) in [7, 11) is 0. The maximum absolute atomic E-state index is 12.2. The second kappa shape index (κ2) is 4.80. The van der Waals surface area contributed by atoms with Crippen LogP contribution in [0.4, 0.5) is 5.69 Å². The first-order valence-corrected chi connectivity index (χ1v) is 6.99. The molecule has 0 saturated heterocycles. The number of benzene rings is 1. The SMILES string of the molecule is CC.CC1(C)Cc2cccc3c2N1C(=O)CCC3=O. The normalized spacial score (nSPS) is 19.5. The highest BCUT2D eigenvalue weighted by Gasteiger charge is 2.43. The third-order valence-corrected chi connectivity index (χ3v) is 3.69. The molecule has 102 valence electrons. The number of carbonyl (C=O) groups excluding carboxylic acids is 2. The third kappa shape index (κ3) is 2.07. The van der Waals surface area contributed by atoms with Crippen molar-refractivity contribution < 1.29 is 9.59 Å². The molecule has 3 heteroatoms. The van der Waals surface area contributed by atoms with Gasteiger partial charge in [-0.1, -0.05) is 26.0 Å². The van der Waals surface area contributed by atoms with Crippen molar-refractivity contribution in [2.45, 2.75) is 52.5 Å². The molecule has 0 radical (unpaired) electrons. The number of rotatable bonds is 0. The van der Waals surface area contributed by atoms with Crippen molar-refractivity contribution in [1.29, 1.82) is 0 Å². The zero-order chi connectivity index (χ0) is 14.2. The van der Waals surface area contributed by atoms with E-state index in [0.717, 1.165) is 23.2 Å². The van der Waals surface area contributed by atoms with Crippen LogP contribution in [-0.4, -0.2) is 17.2 Å². The molecule has 19 heavy (non-hydrogen) atoms. The van der Waals surface area contributed by atoms with E-state index in [1.807, 2.05) is 36.9 Å². The highest BCUT2D eigenvalue weighted by Crippen LogP contribution is 2.43. The van der Waals surface area contributed by atoms with Gasteiger partial charge in [-0.05, 0) is 31.9 Å². The number of Topliss-reactive ketones (excluding diaryl/α,β-unsaturated/α-hetero) is 1. The molecule has 0 fully saturated rings. The highest BCUT2D eigenvalue weighted by atomic mass is 16.2. The second-order valence-electron chi connectivity index (χ2n) is 5.45. The molecule has 3 rings (SSSR count). The van der Waals surface area contributed by atoms with Crippen LogP contribution in [0.2, 0.25) is 0 Å². The number of amides is 1. The molecular formula is C16H21NO2. The second-order valence-corrected chi connectivity index (χ2v) is 5.45. The van der Waals surface area contributed by atoms with Gasteiger partial charge in [-0.15, -0.1) is 0 Å². The Morgan fingerprint density at radius 2 is 1.79 bits per heavy atom. The standard InChI is InChI=1S/C14H15NO2.C2H6/c1-14(2)8-9-4-3-5-10-11(16)6-7-12(17)15(14)13(9)10;1-2/h3-5H,6-8H2,1-2H3;1-2H3. The molecule has 0 spiro atoms. The molecule has 3 nitrogen and oxygen atoms in total. The minimum Gasteiger partial charge on any atom is -0.306 e. The zero-order valence-corrected chi connectivity index (χ0v) is 12.1. The van der Waals surface area contributed by atoms with E-state index in [1.54, 1.807) is 0 Å². The van der Waals surface area contributed by atoms with Crippen molar-refractivity contribution in [2.75, 3.05) is 4.90 Å². The van der Waals surface area contributed by atoms with Crippen molar-refractivity contribution in [1.82, 2.24) is 0 Å². The minimum absolute atomic E-state index is 0.0760. The Hall–Kier alpha value is -1.64. The van der Waals surface area contributed by atoms with Gasteiger partial charge in [0.15, 0.2) is 5.78 Å². The predicted octanol–water partition coefficient (Wildman–Crippen LogP) is 3.36. The average molecular weight is 259 g/mol. The molecule has 2 aliphatic rings. The first-order chi connectivity index (χ1) is 9.00. The molecule has 0 aliphatic carbocycles. The van der Waals surface area contributed by atoms with Crippen molar-refractivity contribution in [3.63, 3.8) is 0 Å². The molecule has 0 aromatic heterocycles. The molecule has 1 aromatic rings. The number of hydrogen-bond acceptors (Lipinski definition) is 2. The van der Waals surface area contributed by atoms with E-state index in [9.17, 15) is 9.59 Å². The van der Waals surface area contributed by atoms with E-state index >= 15 is 0 Å². The van der Waals surface area contributed by atoms with Gasteiger partial charge in [-0.25, -0.2) is 0 Å². The largest absolute Gasteiger partial charge is 0.306 e. The van der Waals surface area contributed by atoms with Crippen LogP contribution in [0.25, 0.3) is 0 Å². The van der Waals surface area contributed by atoms with E-state index in [4.69, 9.17) is 0 Å². The summed E-state index contributed by atoms with van der Waals surface area (Å²) in [6, 6.07) is 5.78. The van der Waals surface area contributed by atoms with Crippen molar-refractivity contribution in [3.8, 4) is 0 Å². The van der Waals surface area contributed by atoms with Crippen LogP contribution in [0.3, 0.4) is 0 Å². The third-order valence-electron chi connectivity index (χ3n) is 3.69. The van der Waals surface area contributed by atoms with Crippen molar-refractivity contribution in [2.24, 2.45) is 0 Å². The number of anilines is 1. The van der Waals surface area contributed by atoms with Gasteiger partial charge in [0.1, 0.15) is 0 Å². The summed E-state index contributed by atoms with van der Waals surface area (Å²) in [6.45, 7) is 8.12. The summed E-state index contributed by atoms with van der Waals surface area (Å²) in [4.78, 5) is 26.0. The Kier molecular flexibility index (Phi) is 3.48. The van der Waals surface area contributed by atoms with Crippen LogP contribution >= 0.6 is 0 Å². The van der Waals surface area contributed by atoms with Crippen LogP contribution < -0.4 is 4.90 Å². The summed E-state index contributed by atoms with van der Waals surface area (Å²) >= 11 is 0. The molecule has 0 bridgehead atoms. The Morgan fingerprint density at radius 3 is 2.47 bits per heavy atom. The fourth-order valence-electron chi connectivity index (χ4n) is 3.00. The van der Waals surface area contributed by atoms with Gasteiger partial charge in [0.25, 0.3) is 0 Å². The average Bonchev–Trinajstić information content (AvgIpc) is 2.59. The van der Waals surface area contributed by atoms with Gasteiger partial charge < -0.3 is 4.90 Å². The van der Waals surface area contributed by atoms with Gasteiger partial charge in [0.05, 0.1) is 5.69 Å². The van der Waals surface area contributed by atoms with Crippen LogP contribution in [0.5, 0.6) is 0 Å². The van der Waals surface area contributed by atoms with Crippen LogP contribution in [0.1, 0.15) is 56.5 Å². The first kappa shape index (κ1) is 13.8. The predicted molar refractivity (Wildman–Crippen MR) is 76.6 cm³/mol. The summed E-state index contributed by atoms with van der Waals surface area (Å²) in [5.41, 5.74) is 2.50. The molecule has 0 unspecified atom stereocenters. The summed E-state index contributed by atoms with van der Waals surface area (Å²) in [5.74, 6) is 0.169. The fraction of sp³-hybridized carbons (Fsp3) is 0.500. The van der Waals surface area contributed by atoms with Crippen molar-refractivity contribution >= 4 is 17.4 Å². The summed E-state index contributed by atoms with van der Waals surface area (Å²) < 4.78 is 0. The molecule has 2 aliphatic heterocycles. The molecule has 0 atom stereocenters. The maximum atomic E-state index is 12.2. The topological polar surface area (TPSA) is 37.4 Å². The lowest BCUT2D eigenvalue weighted by molar-refractivity contribution is -0.119. The molecule has 1 amide bonds. The molecule has 0 N–H and O–H groups in total. The Labute approximate surface area is 114 Å². The van der Waals surface area contributed by atoms with Gasteiger partial charge in [0.2, 0.25) is 5.91 Å². The lowest BCUT2D eigenvalue weighted by Crippen LogP contribution is -2.45. The Bertz CT molecular complexity index is 532. The summed E-state index contributed by atoms with van der Waals surface area (Å²) in [6.07, 6.45) is 1.49.